The van der Waals surface area contributed by atoms with Crippen LogP contribution in [0.1, 0.15) is 29.8 Å². The lowest BCUT2D eigenvalue weighted by atomic mass is 9.89. The van der Waals surface area contributed by atoms with Crippen molar-refractivity contribution in [2.45, 2.75) is 44.6 Å². The van der Waals surface area contributed by atoms with E-state index < -0.39 is 0 Å². The second-order valence-electron chi connectivity index (χ2n) is 9.93. The Hall–Kier alpha value is -3.06. The smallest absolute Gasteiger partial charge is 0.121 e. The third-order valence-corrected chi connectivity index (χ3v) is 7.43. The lowest BCUT2D eigenvalue weighted by Gasteiger charge is -2.34. The number of imidazole rings is 1. The SMILES string of the molecule is C1=CC2=CC(N(Cc3ccc(CN4CCNCC4)cc3)Cc3nc4ccccc4[nH]3)CCC2N=C1. The zero-order valence-corrected chi connectivity index (χ0v) is 20.2. The molecule has 1 aliphatic carbocycles. The molecule has 0 saturated carbocycles. The van der Waals surface area contributed by atoms with Crippen LogP contribution < -0.4 is 5.32 Å². The van der Waals surface area contributed by atoms with Crippen molar-refractivity contribution >= 4 is 17.2 Å². The van der Waals surface area contributed by atoms with E-state index in [9.17, 15) is 0 Å². The highest BCUT2D eigenvalue weighted by Gasteiger charge is 2.27. The van der Waals surface area contributed by atoms with Crippen LogP contribution in [0.2, 0.25) is 0 Å². The molecule has 35 heavy (non-hydrogen) atoms. The van der Waals surface area contributed by atoms with Crippen molar-refractivity contribution in [3.63, 3.8) is 0 Å². The van der Waals surface area contributed by atoms with Crippen LogP contribution in [0.4, 0.5) is 0 Å². The summed E-state index contributed by atoms with van der Waals surface area (Å²) >= 11 is 0. The fourth-order valence-corrected chi connectivity index (χ4v) is 5.51. The summed E-state index contributed by atoms with van der Waals surface area (Å²) in [6.45, 7) is 7.17. The van der Waals surface area contributed by atoms with E-state index in [1.165, 1.54) is 16.7 Å². The number of allylic oxidation sites excluding steroid dienone is 1. The van der Waals surface area contributed by atoms with Crippen molar-refractivity contribution in [2.24, 2.45) is 4.99 Å². The first-order chi connectivity index (χ1) is 17.3. The number of benzene rings is 2. The number of piperazine rings is 1. The van der Waals surface area contributed by atoms with Crippen LogP contribution in [0.3, 0.4) is 0 Å². The maximum atomic E-state index is 4.88. The molecule has 3 aromatic rings. The van der Waals surface area contributed by atoms with E-state index in [1.54, 1.807) is 0 Å². The number of aliphatic imine (C=N–C) groups is 1. The molecule has 0 spiro atoms. The molecule has 6 rings (SSSR count). The van der Waals surface area contributed by atoms with Crippen LogP contribution in [0, 0.1) is 0 Å². The van der Waals surface area contributed by atoms with Crippen molar-refractivity contribution < 1.29 is 0 Å². The third kappa shape index (κ3) is 5.30. The molecular formula is C29H34N6. The summed E-state index contributed by atoms with van der Waals surface area (Å²) < 4.78 is 0. The van der Waals surface area contributed by atoms with Gasteiger partial charge in [0, 0.05) is 51.5 Å². The Morgan fingerprint density at radius 1 is 0.943 bits per heavy atom. The van der Waals surface area contributed by atoms with Gasteiger partial charge in [0.25, 0.3) is 0 Å². The number of aromatic nitrogens is 2. The number of nitrogens with zero attached hydrogens (tertiary/aromatic N) is 4. The number of dihydropyridines is 1. The molecule has 2 N–H and O–H groups in total. The van der Waals surface area contributed by atoms with Gasteiger partial charge in [-0.2, -0.15) is 0 Å². The minimum atomic E-state index is 0.327. The average molecular weight is 467 g/mol. The fraction of sp³-hybridized carbons (Fsp3) is 0.379. The molecule has 2 aromatic carbocycles. The average Bonchev–Trinajstić information content (AvgIpc) is 3.32. The van der Waals surface area contributed by atoms with Gasteiger partial charge in [-0.1, -0.05) is 48.6 Å². The molecule has 1 fully saturated rings. The highest BCUT2D eigenvalue weighted by atomic mass is 15.2. The number of aromatic amines is 1. The first-order valence-electron chi connectivity index (χ1n) is 12.9. The molecule has 1 saturated heterocycles. The first kappa shape index (κ1) is 22.4. The normalized spacial score (nSPS) is 22.5. The number of fused-ring (bicyclic) bond motifs is 2. The lowest BCUT2D eigenvalue weighted by Crippen LogP contribution is -2.42. The highest BCUT2D eigenvalue weighted by Crippen LogP contribution is 2.29. The van der Waals surface area contributed by atoms with Crippen molar-refractivity contribution in [3.05, 3.63) is 89.3 Å². The summed E-state index contributed by atoms with van der Waals surface area (Å²) in [6, 6.07) is 18.2. The largest absolute Gasteiger partial charge is 0.341 e. The second-order valence-corrected chi connectivity index (χ2v) is 9.93. The van der Waals surface area contributed by atoms with Crippen LogP contribution in [0.15, 0.2) is 77.3 Å². The Kier molecular flexibility index (Phi) is 6.58. The molecule has 6 nitrogen and oxygen atoms in total. The highest BCUT2D eigenvalue weighted by molar-refractivity contribution is 5.75. The molecule has 1 aromatic heterocycles. The van der Waals surface area contributed by atoms with Gasteiger partial charge in [0.1, 0.15) is 5.82 Å². The summed E-state index contributed by atoms with van der Waals surface area (Å²) in [5.74, 6) is 1.03. The molecule has 3 heterocycles. The monoisotopic (exact) mass is 466 g/mol. The van der Waals surface area contributed by atoms with Crippen molar-refractivity contribution in [1.29, 1.82) is 0 Å². The van der Waals surface area contributed by atoms with E-state index in [0.29, 0.717) is 12.1 Å². The van der Waals surface area contributed by atoms with Crippen LogP contribution in [0.5, 0.6) is 0 Å². The van der Waals surface area contributed by atoms with Gasteiger partial charge in [-0.25, -0.2) is 4.98 Å². The van der Waals surface area contributed by atoms with Crippen molar-refractivity contribution in [2.75, 3.05) is 26.2 Å². The minimum Gasteiger partial charge on any atom is -0.341 e. The maximum Gasteiger partial charge on any atom is 0.121 e. The molecule has 6 heteroatoms. The third-order valence-electron chi connectivity index (χ3n) is 7.43. The number of hydrogen-bond donors (Lipinski definition) is 2. The van der Waals surface area contributed by atoms with E-state index >= 15 is 0 Å². The summed E-state index contributed by atoms with van der Waals surface area (Å²) in [7, 11) is 0. The zero-order chi connectivity index (χ0) is 23.5. The van der Waals surface area contributed by atoms with Crippen LogP contribution >= 0.6 is 0 Å². The van der Waals surface area contributed by atoms with Crippen LogP contribution in [-0.2, 0) is 19.6 Å². The Balaban J connectivity index is 1.21. The predicted molar refractivity (Wildman–Crippen MR) is 142 cm³/mol. The van der Waals surface area contributed by atoms with E-state index in [2.05, 4.69) is 85.8 Å². The molecule has 3 aliphatic rings. The Morgan fingerprint density at radius 3 is 2.63 bits per heavy atom. The minimum absolute atomic E-state index is 0.327. The van der Waals surface area contributed by atoms with Crippen molar-refractivity contribution in [1.82, 2.24) is 25.1 Å². The van der Waals surface area contributed by atoms with E-state index in [-0.39, 0.29) is 0 Å². The quantitative estimate of drug-likeness (QED) is 0.551. The van der Waals surface area contributed by atoms with E-state index in [1.807, 2.05) is 12.3 Å². The van der Waals surface area contributed by atoms with E-state index in [0.717, 1.165) is 75.5 Å². The van der Waals surface area contributed by atoms with Gasteiger partial charge in [0.15, 0.2) is 0 Å². The van der Waals surface area contributed by atoms with Gasteiger partial charge in [-0.15, -0.1) is 0 Å². The summed E-state index contributed by atoms with van der Waals surface area (Å²) in [6.07, 6.45) is 10.9. The van der Waals surface area contributed by atoms with E-state index in [4.69, 9.17) is 4.98 Å². The number of nitrogens with one attached hydrogen (secondary N) is 2. The second kappa shape index (κ2) is 10.3. The van der Waals surface area contributed by atoms with Gasteiger partial charge >= 0.3 is 0 Å². The Bertz CT molecular complexity index is 1200. The standard InChI is InChI=1S/C29H34N6/c1-2-6-28-27(5-1)32-29(33-28)21-35(25-11-12-26-24(18-25)4-3-13-31-26)20-23-9-7-22(8-10-23)19-34-16-14-30-15-17-34/h1-10,13,18,25-26,30H,11-12,14-17,19-21H2,(H,32,33). The fourth-order valence-electron chi connectivity index (χ4n) is 5.51. The van der Waals surface area contributed by atoms with Gasteiger partial charge in [0.05, 0.1) is 23.6 Å². The summed E-state index contributed by atoms with van der Waals surface area (Å²) in [4.78, 5) is 18.2. The first-order valence-corrected chi connectivity index (χ1v) is 12.9. The molecule has 0 amide bonds. The van der Waals surface area contributed by atoms with Gasteiger partial charge < -0.3 is 10.3 Å². The predicted octanol–water partition coefficient (Wildman–Crippen LogP) is 4.07. The summed E-state index contributed by atoms with van der Waals surface area (Å²) in [5, 5.41) is 3.44. The molecule has 2 atom stereocenters. The molecule has 0 bridgehead atoms. The maximum absolute atomic E-state index is 4.88. The van der Waals surface area contributed by atoms with Gasteiger partial charge in [-0.05, 0) is 47.8 Å². The Morgan fingerprint density at radius 2 is 1.77 bits per heavy atom. The molecule has 2 unspecified atom stereocenters. The number of para-hydroxylation sites is 2. The number of rotatable bonds is 7. The lowest BCUT2D eigenvalue weighted by molar-refractivity contribution is 0.188. The topological polar surface area (TPSA) is 59.5 Å². The molecule has 0 radical (unpaired) electrons. The number of H-pyrrole nitrogens is 1. The Labute approximate surface area is 207 Å². The van der Waals surface area contributed by atoms with Crippen LogP contribution in [0.25, 0.3) is 11.0 Å². The zero-order valence-electron chi connectivity index (χ0n) is 20.2. The summed E-state index contributed by atoms with van der Waals surface area (Å²) in [5.41, 5.74) is 6.23. The van der Waals surface area contributed by atoms with Gasteiger partial charge in [-0.3, -0.25) is 14.8 Å². The van der Waals surface area contributed by atoms with Crippen LogP contribution in [-0.4, -0.2) is 64.2 Å². The van der Waals surface area contributed by atoms with Gasteiger partial charge in [0.2, 0.25) is 0 Å². The van der Waals surface area contributed by atoms with Crippen molar-refractivity contribution in [3.8, 4) is 0 Å². The molecular weight excluding hydrogens is 432 g/mol. The molecule has 2 aliphatic heterocycles. The molecule has 180 valence electrons. The number of hydrogen-bond acceptors (Lipinski definition) is 5.